The van der Waals surface area contributed by atoms with Crippen LogP contribution >= 0.6 is 11.6 Å². The van der Waals surface area contributed by atoms with Gasteiger partial charge in [-0.25, -0.2) is 12.8 Å². The van der Waals surface area contributed by atoms with Gasteiger partial charge in [0.2, 0.25) is 11.8 Å². The Kier molecular flexibility index (Phi) is 12.9. The lowest BCUT2D eigenvalue weighted by Crippen LogP contribution is -2.53. The molecule has 4 aromatic rings. The lowest BCUT2D eigenvalue weighted by molar-refractivity contribution is -0.385. The van der Waals surface area contributed by atoms with Crippen molar-refractivity contribution in [2.75, 3.05) is 24.5 Å². The fraction of sp³-hybridized carbons (Fsp3) is 0.278. The van der Waals surface area contributed by atoms with Gasteiger partial charge < -0.3 is 15.0 Å². The number of aryl methyl sites for hydroxylation is 1. The summed E-state index contributed by atoms with van der Waals surface area (Å²) in [4.78, 5) is 40.3. The third kappa shape index (κ3) is 9.16. The van der Waals surface area contributed by atoms with Crippen molar-refractivity contribution in [2.45, 2.75) is 50.6 Å². The van der Waals surface area contributed by atoms with Gasteiger partial charge in [-0.2, -0.15) is 0 Å². The van der Waals surface area contributed by atoms with Crippen LogP contribution in [-0.4, -0.2) is 56.3 Å². The van der Waals surface area contributed by atoms with Gasteiger partial charge in [-0.1, -0.05) is 79.5 Å². The minimum atomic E-state index is -4.74. The molecule has 50 heavy (non-hydrogen) atoms. The highest BCUT2D eigenvalue weighted by molar-refractivity contribution is 7.92. The van der Waals surface area contributed by atoms with Gasteiger partial charge >= 0.3 is 0 Å². The summed E-state index contributed by atoms with van der Waals surface area (Å²) >= 11 is 6.31. The molecule has 0 fully saturated rings. The predicted molar refractivity (Wildman–Crippen MR) is 189 cm³/mol. The number of halogens is 2. The van der Waals surface area contributed by atoms with Crippen LogP contribution in [0.25, 0.3) is 0 Å². The highest BCUT2D eigenvalue weighted by atomic mass is 35.5. The summed E-state index contributed by atoms with van der Waals surface area (Å²) in [5, 5.41) is 14.8. The molecule has 11 nitrogen and oxygen atoms in total. The standard InChI is InChI=1S/C36H38ClFN4O7S/c1-4-5-19-39-36(44)33(20-26-11-7-6-8-12-26)40(23-27-13-9-10-14-30(27)38)35(43)24-41(32-21-28(37)16-18-34(32)49-3)50(47,48)29-17-15-25(2)31(22-29)42(45)46/h6-18,21-22,33H,4-5,19-20,23-24H2,1-3H3,(H,39,44)/t33-/m0/s1. The van der Waals surface area contributed by atoms with Gasteiger partial charge in [0.1, 0.15) is 24.2 Å². The highest BCUT2D eigenvalue weighted by Gasteiger charge is 2.36. The van der Waals surface area contributed by atoms with Crippen LogP contribution in [-0.2, 0) is 32.6 Å². The monoisotopic (exact) mass is 724 g/mol. The number of amides is 2. The molecule has 0 aromatic heterocycles. The van der Waals surface area contributed by atoms with E-state index in [1.54, 1.807) is 36.4 Å². The number of rotatable bonds is 16. The number of nitro benzene ring substituents is 1. The van der Waals surface area contributed by atoms with Crippen LogP contribution in [0.4, 0.5) is 15.8 Å². The van der Waals surface area contributed by atoms with Crippen LogP contribution in [0.1, 0.15) is 36.5 Å². The fourth-order valence-corrected chi connectivity index (χ4v) is 6.92. The van der Waals surface area contributed by atoms with Crippen molar-refractivity contribution in [3.63, 3.8) is 0 Å². The number of carbonyl (C=O) groups is 2. The SMILES string of the molecule is CCCCNC(=O)[C@H](Cc1ccccc1)N(Cc1ccccc1F)C(=O)CN(c1cc(Cl)ccc1OC)S(=O)(=O)c1ccc(C)c([N+](=O)[O-])c1. The molecule has 2 amide bonds. The zero-order valence-electron chi connectivity index (χ0n) is 27.8. The van der Waals surface area contributed by atoms with Gasteiger partial charge in [-0.15, -0.1) is 0 Å². The van der Waals surface area contributed by atoms with E-state index in [-0.39, 0.29) is 40.6 Å². The second-order valence-electron chi connectivity index (χ2n) is 11.5. The molecule has 4 rings (SSSR count). The van der Waals surface area contributed by atoms with E-state index in [0.29, 0.717) is 18.5 Å². The Morgan fingerprint density at radius 2 is 1.72 bits per heavy atom. The number of carbonyl (C=O) groups excluding carboxylic acids is 2. The number of ether oxygens (including phenoxy) is 1. The number of nitrogens with one attached hydrogen (secondary N) is 1. The summed E-state index contributed by atoms with van der Waals surface area (Å²) in [5.41, 5.74) is 0.468. The molecule has 0 unspecified atom stereocenters. The first-order chi connectivity index (χ1) is 23.9. The van der Waals surface area contributed by atoms with E-state index >= 15 is 4.39 Å². The summed E-state index contributed by atoms with van der Waals surface area (Å²) < 4.78 is 50.2. The van der Waals surface area contributed by atoms with E-state index in [2.05, 4.69) is 5.32 Å². The largest absolute Gasteiger partial charge is 0.495 e. The lowest BCUT2D eigenvalue weighted by Gasteiger charge is -2.34. The van der Waals surface area contributed by atoms with Crippen molar-refractivity contribution in [2.24, 2.45) is 0 Å². The molecule has 0 radical (unpaired) electrons. The molecule has 0 saturated carbocycles. The second-order valence-corrected chi connectivity index (χ2v) is 13.8. The van der Waals surface area contributed by atoms with Gasteiger partial charge in [-0.3, -0.25) is 24.0 Å². The van der Waals surface area contributed by atoms with E-state index in [1.165, 1.54) is 62.6 Å². The van der Waals surface area contributed by atoms with Crippen LogP contribution in [0.5, 0.6) is 5.75 Å². The fourth-order valence-electron chi connectivity index (χ4n) is 5.32. The van der Waals surface area contributed by atoms with Crippen molar-refractivity contribution < 1.29 is 32.1 Å². The molecule has 0 saturated heterocycles. The Morgan fingerprint density at radius 3 is 2.38 bits per heavy atom. The van der Waals surface area contributed by atoms with Gasteiger partial charge in [0.15, 0.2) is 0 Å². The van der Waals surface area contributed by atoms with Gasteiger partial charge in [0, 0.05) is 41.7 Å². The summed E-state index contributed by atoms with van der Waals surface area (Å²) in [6.45, 7) is 2.48. The molecule has 14 heteroatoms. The molecule has 0 aliphatic rings. The highest BCUT2D eigenvalue weighted by Crippen LogP contribution is 2.36. The van der Waals surface area contributed by atoms with Crippen molar-refractivity contribution in [1.29, 1.82) is 0 Å². The van der Waals surface area contributed by atoms with Crippen molar-refractivity contribution in [3.8, 4) is 5.75 Å². The topological polar surface area (TPSA) is 139 Å². The first kappa shape index (κ1) is 37.8. The third-order valence-electron chi connectivity index (χ3n) is 8.05. The maximum absolute atomic E-state index is 15.1. The van der Waals surface area contributed by atoms with Crippen LogP contribution in [0.2, 0.25) is 5.02 Å². The van der Waals surface area contributed by atoms with Crippen molar-refractivity contribution >= 4 is 44.8 Å². The third-order valence-corrected chi connectivity index (χ3v) is 10.0. The average Bonchev–Trinajstić information content (AvgIpc) is 3.09. The molecule has 0 spiro atoms. The Labute approximate surface area is 295 Å². The van der Waals surface area contributed by atoms with E-state index in [1.807, 2.05) is 6.92 Å². The zero-order chi connectivity index (χ0) is 36.4. The molecule has 4 aromatic carbocycles. The number of hydrogen-bond acceptors (Lipinski definition) is 7. The van der Waals surface area contributed by atoms with Crippen LogP contribution in [0.3, 0.4) is 0 Å². The predicted octanol–water partition coefficient (Wildman–Crippen LogP) is 6.46. The van der Waals surface area contributed by atoms with E-state index in [4.69, 9.17) is 16.3 Å². The maximum Gasteiger partial charge on any atom is 0.273 e. The maximum atomic E-state index is 15.1. The lowest BCUT2D eigenvalue weighted by atomic mass is 10.0. The number of benzene rings is 4. The molecular formula is C36H38ClFN4O7S. The molecule has 0 heterocycles. The van der Waals surface area contributed by atoms with Crippen molar-refractivity contribution in [3.05, 3.63) is 129 Å². The Hall–Kier alpha value is -5.01. The number of nitrogens with zero attached hydrogens (tertiary/aromatic N) is 3. The summed E-state index contributed by atoms with van der Waals surface area (Å²) in [6.07, 6.45) is 1.51. The summed E-state index contributed by atoms with van der Waals surface area (Å²) in [5.74, 6) is -1.95. The Morgan fingerprint density at radius 1 is 1.02 bits per heavy atom. The minimum Gasteiger partial charge on any atom is -0.495 e. The Balaban J connectivity index is 1.89. The summed E-state index contributed by atoms with van der Waals surface area (Å²) in [7, 11) is -3.44. The quantitative estimate of drug-likeness (QED) is 0.0796. The first-order valence-electron chi connectivity index (χ1n) is 15.8. The van der Waals surface area contributed by atoms with E-state index in [9.17, 15) is 28.1 Å². The Bertz CT molecular complexity index is 1950. The van der Waals surface area contributed by atoms with E-state index in [0.717, 1.165) is 21.7 Å². The molecular weight excluding hydrogens is 687 g/mol. The number of unbranched alkanes of at least 4 members (excludes halogenated alkanes) is 1. The van der Waals surface area contributed by atoms with Crippen LogP contribution < -0.4 is 14.4 Å². The second kappa shape index (κ2) is 17.1. The number of hydrogen-bond donors (Lipinski definition) is 1. The normalized spacial score (nSPS) is 11.8. The molecule has 0 bridgehead atoms. The molecule has 1 atom stereocenters. The summed E-state index contributed by atoms with van der Waals surface area (Å²) in [6, 6.07) is 21.1. The van der Waals surface area contributed by atoms with Crippen LogP contribution in [0.15, 0.2) is 95.9 Å². The minimum absolute atomic E-state index is 0.0335. The van der Waals surface area contributed by atoms with E-state index < -0.39 is 55.7 Å². The smallest absolute Gasteiger partial charge is 0.273 e. The number of nitro groups is 1. The van der Waals surface area contributed by atoms with Crippen molar-refractivity contribution in [1.82, 2.24) is 10.2 Å². The number of sulfonamides is 1. The molecule has 1 N–H and O–H groups in total. The van der Waals surface area contributed by atoms with Crippen LogP contribution in [0, 0.1) is 22.9 Å². The number of anilines is 1. The first-order valence-corrected chi connectivity index (χ1v) is 17.6. The van der Waals surface area contributed by atoms with Gasteiger partial charge in [0.05, 0.1) is 22.6 Å². The molecule has 0 aliphatic heterocycles. The van der Waals surface area contributed by atoms with Gasteiger partial charge in [-0.05, 0) is 49.2 Å². The molecule has 264 valence electrons. The average molecular weight is 725 g/mol. The molecule has 0 aliphatic carbocycles. The number of methoxy groups -OCH3 is 1. The van der Waals surface area contributed by atoms with Gasteiger partial charge in [0.25, 0.3) is 15.7 Å². The zero-order valence-corrected chi connectivity index (χ0v) is 29.4.